The van der Waals surface area contributed by atoms with Crippen LogP contribution in [0.3, 0.4) is 0 Å². The Morgan fingerprint density at radius 3 is 2.96 bits per heavy atom. The van der Waals surface area contributed by atoms with E-state index in [-0.39, 0.29) is 23.4 Å². The number of aromatic nitrogens is 1. The molecule has 1 aromatic heterocycles. The van der Waals surface area contributed by atoms with Gasteiger partial charge in [0.05, 0.1) is 11.4 Å². The molecule has 0 spiro atoms. The minimum absolute atomic E-state index is 0.111. The van der Waals surface area contributed by atoms with Crippen LogP contribution in [0.4, 0.5) is 4.39 Å². The Hall–Kier alpha value is -2.02. The Balaban J connectivity index is 2.01. The zero-order chi connectivity index (χ0) is 16.8. The molecule has 1 heterocycles. The van der Waals surface area contributed by atoms with Crippen molar-refractivity contribution in [3.63, 3.8) is 0 Å². The molecule has 2 aromatic rings. The van der Waals surface area contributed by atoms with Crippen molar-refractivity contribution in [1.82, 2.24) is 10.3 Å². The summed E-state index contributed by atoms with van der Waals surface area (Å²) in [6.45, 7) is 4.13. The Labute approximate surface area is 136 Å². The van der Waals surface area contributed by atoms with Gasteiger partial charge in [0.2, 0.25) is 11.8 Å². The molecule has 1 amide bonds. The largest absolute Gasteiger partial charge is 0.444 e. The van der Waals surface area contributed by atoms with E-state index in [9.17, 15) is 13.4 Å². The second kappa shape index (κ2) is 8.01. The maximum atomic E-state index is 13.2. The third kappa shape index (κ3) is 4.72. The van der Waals surface area contributed by atoms with E-state index in [0.29, 0.717) is 17.8 Å². The van der Waals surface area contributed by atoms with Gasteiger partial charge in [0.1, 0.15) is 17.3 Å². The lowest BCUT2D eigenvalue weighted by molar-refractivity contribution is -0.120. The third-order valence-corrected chi connectivity index (χ3v) is 4.81. The van der Waals surface area contributed by atoms with Crippen molar-refractivity contribution in [2.45, 2.75) is 31.3 Å². The van der Waals surface area contributed by atoms with Gasteiger partial charge in [-0.15, -0.1) is 0 Å². The molecule has 0 aliphatic carbocycles. The van der Waals surface area contributed by atoms with Crippen LogP contribution < -0.4 is 5.32 Å². The van der Waals surface area contributed by atoms with Crippen molar-refractivity contribution in [1.29, 1.82) is 0 Å². The topological polar surface area (TPSA) is 72.2 Å². The summed E-state index contributed by atoms with van der Waals surface area (Å²) in [7, 11) is -1.41. The number of rotatable bonds is 7. The van der Waals surface area contributed by atoms with Gasteiger partial charge in [-0.3, -0.25) is 9.00 Å². The molecule has 1 aromatic carbocycles. The number of carbonyl (C=O) groups is 1. The lowest BCUT2D eigenvalue weighted by Gasteiger charge is -2.10. The van der Waals surface area contributed by atoms with Gasteiger partial charge in [0, 0.05) is 22.9 Å². The molecule has 0 fully saturated rings. The second-order valence-electron chi connectivity index (χ2n) is 5.11. The van der Waals surface area contributed by atoms with Gasteiger partial charge in [0.25, 0.3) is 0 Å². The van der Waals surface area contributed by atoms with E-state index in [1.807, 2.05) is 6.92 Å². The SMILES string of the molecule is CCCNC(=O)[C@H](C)[S@@](=O)Cc1coc(-c2cccc(F)c2)n1. The van der Waals surface area contributed by atoms with Crippen molar-refractivity contribution in [2.75, 3.05) is 6.54 Å². The summed E-state index contributed by atoms with van der Waals surface area (Å²) in [5, 5.41) is 2.09. The van der Waals surface area contributed by atoms with Gasteiger partial charge in [-0.1, -0.05) is 13.0 Å². The highest BCUT2D eigenvalue weighted by molar-refractivity contribution is 7.85. The van der Waals surface area contributed by atoms with Crippen LogP contribution in [-0.2, 0) is 21.3 Å². The molecule has 5 nitrogen and oxygen atoms in total. The second-order valence-corrected chi connectivity index (χ2v) is 6.87. The standard InChI is InChI=1S/C16H19FN2O3S/c1-3-7-18-15(20)11(2)23(21)10-14-9-22-16(19-14)12-5-4-6-13(17)8-12/h4-6,8-9,11H,3,7,10H2,1-2H3,(H,18,20)/t11-,23-/m0/s1. The Morgan fingerprint density at radius 2 is 2.26 bits per heavy atom. The Kier molecular flexibility index (Phi) is 6.04. The molecule has 0 saturated heterocycles. The van der Waals surface area contributed by atoms with E-state index in [0.717, 1.165) is 6.42 Å². The maximum absolute atomic E-state index is 13.2. The fourth-order valence-electron chi connectivity index (χ4n) is 1.91. The molecule has 23 heavy (non-hydrogen) atoms. The summed E-state index contributed by atoms with van der Waals surface area (Å²) < 4.78 is 30.7. The molecule has 0 aliphatic heterocycles. The number of benzene rings is 1. The number of halogens is 1. The number of nitrogens with one attached hydrogen (secondary N) is 1. The summed E-state index contributed by atoms with van der Waals surface area (Å²) >= 11 is 0. The van der Waals surface area contributed by atoms with Crippen LogP contribution in [0.15, 0.2) is 34.9 Å². The van der Waals surface area contributed by atoms with Crippen molar-refractivity contribution in [3.05, 3.63) is 42.0 Å². The summed E-state index contributed by atoms with van der Waals surface area (Å²) in [4.78, 5) is 16.0. The third-order valence-electron chi connectivity index (χ3n) is 3.23. The van der Waals surface area contributed by atoms with Crippen LogP contribution in [0, 0.1) is 5.82 Å². The minimum atomic E-state index is -1.41. The van der Waals surface area contributed by atoms with E-state index >= 15 is 0 Å². The monoisotopic (exact) mass is 338 g/mol. The highest BCUT2D eigenvalue weighted by atomic mass is 32.2. The molecule has 2 rings (SSSR count). The molecule has 0 unspecified atom stereocenters. The number of amides is 1. The number of nitrogens with zero attached hydrogens (tertiary/aromatic N) is 1. The summed E-state index contributed by atoms with van der Waals surface area (Å²) in [6, 6.07) is 5.88. The smallest absolute Gasteiger partial charge is 0.235 e. The molecule has 1 N–H and O–H groups in total. The van der Waals surface area contributed by atoms with Gasteiger partial charge < -0.3 is 9.73 Å². The molecule has 0 saturated carbocycles. The van der Waals surface area contributed by atoms with E-state index < -0.39 is 16.0 Å². The van der Waals surface area contributed by atoms with E-state index in [2.05, 4.69) is 10.3 Å². The van der Waals surface area contributed by atoms with Crippen LogP contribution in [0.25, 0.3) is 11.5 Å². The van der Waals surface area contributed by atoms with Gasteiger partial charge in [-0.05, 0) is 31.5 Å². The van der Waals surface area contributed by atoms with E-state index in [1.165, 1.54) is 18.4 Å². The minimum Gasteiger partial charge on any atom is -0.444 e. The zero-order valence-electron chi connectivity index (χ0n) is 13.0. The van der Waals surface area contributed by atoms with Gasteiger partial charge in [-0.25, -0.2) is 9.37 Å². The number of hydrogen-bond acceptors (Lipinski definition) is 4. The average molecular weight is 338 g/mol. The van der Waals surface area contributed by atoms with Crippen molar-refractivity contribution < 1.29 is 17.8 Å². The van der Waals surface area contributed by atoms with E-state index in [1.54, 1.807) is 19.1 Å². The first-order chi connectivity index (χ1) is 11.0. The molecule has 0 aliphatic rings. The molecule has 2 atom stereocenters. The first-order valence-corrected chi connectivity index (χ1v) is 8.74. The number of carbonyl (C=O) groups excluding carboxylic acids is 1. The number of oxazole rings is 1. The summed E-state index contributed by atoms with van der Waals surface area (Å²) in [5.41, 5.74) is 0.980. The predicted octanol–water partition coefficient (Wildman–Crippen LogP) is 2.64. The maximum Gasteiger partial charge on any atom is 0.235 e. The van der Waals surface area contributed by atoms with E-state index in [4.69, 9.17) is 4.42 Å². The molecule has 0 bridgehead atoms. The molecule has 0 radical (unpaired) electrons. The average Bonchev–Trinajstić information content (AvgIpc) is 3.00. The van der Waals surface area contributed by atoms with Crippen molar-refractivity contribution in [3.8, 4) is 11.5 Å². The van der Waals surface area contributed by atoms with Crippen LogP contribution in [0.5, 0.6) is 0 Å². The van der Waals surface area contributed by atoms with Gasteiger partial charge in [-0.2, -0.15) is 0 Å². The highest BCUT2D eigenvalue weighted by Gasteiger charge is 2.21. The van der Waals surface area contributed by atoms with Crippen molar-refractivity contribution >= 4 is 16.7 Å². The first kappa shape index (κ1) is 17.3. The van der Waals surface area contributed by atoms with Gasteiger partial charge in [0.15, 0.2) is 0 Å². The predicted molar refractivity (Wildman–Crippen MR) is 86.5 cm³/mol. The lowest BCUT2D eigenvalue weighted by Crippen LogP contribution is -2.36. The van der Waals surface area contributed by atoms with Crippen molar-refractivity contribution in [2.24, 2.45) is 0 Å². The van der Waals surface area contributed by atoms with Crippen LogP contribution in [-0.4, -0.2) is 26.9 Å². The fraction of sp³-hybridized carbons (Fsp3) is 0.375. The zero-order valence-corrected chi connectivity index (χ0v) is 13.9. The Bertz CT molecular complexity index is 702. The van der Waals surface area contributed by atoms with Crippen LogP contribution >= 0.6 is 0 Å². The normalized spacial score (nSPS) is 13.5. The first-order valence-electron chi connectivity index (χ1n) is 7.36. The number of hydrogen-bond donors (Lipinski definition) is 1. The Morgan fingerprint density at radius 1 is 1.48 bits per heavy atom. The molecule has 7 heteroatoms. The quantitative estimate of drug-likeness (QED) is 0.842. The van der Waals surface area contributed by atoms with Crippen LogP contribution in [0.1, 0.15) is 26.0 Å². The van der Waals surface area contributed by atoms with Crippen LogP contribution in [0.2, 0.25) is 0 Å². The molecule has 124 valence electrons. The molecular weight excluding hydrogens is 319 g/mol. The highest BCUT2D eigenvalue weighted by Crippen LogP contribution is 2.20. The molecular formula is C16H19FN2O3S. The lowest BCUT2D eigenvalue weighted by atomic mass is 10.2. The summed E-state index contributed by atoms with van der Waals surface area (Å²) in [6.07, 6.45) is 2.21. The fourth-order valence-corrected chi connectivity index (χ4v) is 2.91. The van der Waals surface area contributed by atoms with Gasteiger partial charge >= 0.3 is 0 Å². The summed E-state index contributed by atoms with van der Waals surface area (Å²) in [5.74, 6) is -0.245.